The Balaban J connectivity index is 2.71. The van der Waals surface area contributed by atoms with Crippen LogP contribution in [0, 0.1) is 6.92 Å². The highest BCUT2D eigenvalue weighted by atomic mass is 16.5. The Morgan fingerprint density at radius 2 is 1.95 bits per heavy atom. The topological polar surface area (TPSA) is 97.0 Å². The molecule has 0 fully saturated rings. The number of aromatic hydroxyl groups is 2. The van der Waals surface area contributed by atoms with Crippen molar-refractivity contribution in [3.63, 3.8) is 0 Å². The van der Waals surface area contributed by atoms with Crippen LogP contribution in [0.15, 0.2) is 21.3 Å². The summed E-state index contributed by atoms with van der Waals surface area (Å²) in [7, 11) is 1.23. The van der Waals surface area contributed by atoms with Gasteiger partial charge < -0.3 is 19.4 Å². The van der Waals surface area contributed by atoms with E-state index in [9.17, 15) is 19.8 Å². The zero-order valence-electron chi connectivity index (χ0n) is 10.4. The molecule has 0 unspecified atom stereocenters. The normalized spacial score (nSPS) is 10.6. The van der Waals surface area contributed by atoms with Crippen LogP contribution in [0.4, 0.5) is 0 Å². The van der Waals surface area contributed by atoms with Crippen LogP contribution in [0.3, 0.4) is 0 Å². The lowest BCUT2D eigenvalue weighted by molar-refractivity contribution is -0.139. The second kappa shape index (κ2) is 4.64. The molecule has 0 bridgehead atoms. The van der Waals surface area contributed by atoms with Crippen LogP contribution in [0.2, 0.25) is 0 Å². The van der Waals surface area contributed by atoms with Crippen LogP contribution in [0.1, 0.15) is 11.1 Å². The van der Waals surface area contributed by atoms with Crippen molar-refractivity contribution in [1.29, 1.82) is 0 Å². The highest BCUT2D eigenvalue weighted by molar-refractivity contribution is 5.85. The Hall–Kier alpha value is -2.50. The maximum atomic E-state index is 11.8. The first-order valence-electron chi connectivity index (χ1n) is 5.49. The highest BCUT2D eigenvalue weighted by Gasteiger charge is 2.16. The Kier molecular flexibility index (Phi) is 3.16. The number of esters is 1. The standard InChI is InChI=1S/C13H12O6/c1-6-7-3-9(14)10(15)5-11(7)19-13(17)8(6)4-12(16)18-2/h3,5,14-15H,4H2,1-2H3. The molecule has 2 aromatic rings. The number of phenols is 2. The van der Waals surface area contributed by atoms with Gasteiger partial charge in [-0.2, -0.15) is 0 Å². The third-order valence-electron chi connectivity index (χ3n) is 2.93. The lowest BCUT2D eigenvalue weighted by Gasteiger charge is -2.08. The van der Waals surface area contributed by atoms with Gasteiger partial charge in [0.15, 0.2) is 11.5 Å². The van der Waals surface area contributed by atoms with Gasteiger partial charge in [0.2, 0.25) is 0 Å². The van der Waals surface area contributed by atoms with Crippen molar-refractivity contribution in [2.45, 2.75) is 13.3 Å². The second-order valence-corrected chi connectivity index (χ2v) is 4.08. The van der Waals surface area contributed by atoms with Crippen molar-refractivity contribution in [2.24, 2.45) is 0 Å². The van der Waals surface area contributed by atoms with Gasteiger partial charge in [-0.15, -0.1) is 0 Å². The average molecular weight is 264 g/mol. The summed E-state index contributed by atoms with van der Waals surface area (Å²) in [5.41, 5.74) is 0.156. The quantitative estimate of drug-likeness (QED) is 0.481. The molecule has 6 nitrogen and oxygen atoms in total. The predicted molar refractivity (Wildman–Crippen MR) is 66.3 cm³/mol. The van der Waals surface area contributed by atoms with E-state index < -0.39 is 11.6 Å². The Morgan fingerprint density at radius 1 is 1.32 bits per heavy atom. The summed E-state index contributed by atoms with van der Waals surface area (Å²) in [5.74, 6) is -1.26. The molecule has 0 aliphatic carbocycles. The van der Waals surface area contributed by atoms with Gasteiger partial charge in [0.1, 0.15) is 5.58 Å². The molecular formula is C13H12O6. The minimum absolute atomic E-state index is 0.145. The van der Waals surface area contributed by atoms with Crippen molar-refractivity contribution in [3.8, 4) is 11.5 Å². The minimum atomic E-state index is -0.666. The molecule has 0 radical (unpaired) electrons. The van der Waals surface area contributed by atoms with E-state index in [1.165, 1.54) is 13.2 Å². The molecule has 1 aromatic carbocycles. The largest absolute Gasteiger partial charge is 0.504 e. The molecule has 0 saturated carbocycles. The SMILES string of the molecule is COC(=O)Cc1c(C)c2cc(O)c(O)cc2oc1=O. The van der Waals surface area contributed by atoms with Crippen LogP contribution < -0.4 is 5.63 Å². The summed E-state index contributed by atoms with van der Waals surface area (Å²) in [6.07, 6.45) is -0.206. The lowest BCUT2D eigenvalue weighted by atomic mass is 10.0. The summed E-state index contributed by atoms with van der Waals surface area (Å²) >= 11 is 0. The number of hydrogen-bond acceptors (Lipinski definition) is 6. The summed E-state index contributed by atoms with van der Waals surface area (Å²) in [6.45, 7) is 1.63. The molecule has 1 heterocycles. The van der Waals surface area contributed by atoms with Gasteiger partial charge >= 0.3 is 11.6 Å². The molecule has 2 N–H and O–H groups in total. The molecule has 0 amide bonds. The number of carbonyl (C=O) groups is 1. The zero-order valence-corrected chi connectivity index (χ0v) is 10.4. The second-order valence-electron chi connectivity index (χ2n) is 4.08. The molecule has 6 heteroatoms. The van der Waals surface area contributed by atoms with E-state index in [0.717, 1.165) is 6.07 Å². The molecule has 0 aliphatic heterocycles. The van der Waals surface area contributed by atoms with Crippen LogP contribution in [0.5, 0.6) is 11.5 Å². The number of carbonyl (C=O) groups excluding carboxylic acids is 1. The van der Waals surface area contributed by atoms with E-state index in [2.05, 4.69) is 4.74 Å². The number of benzene rings is 1. The van der Waals surface area contributed by atoms with E-state index in [1.807, 2.05) is 0 Å². The van der Waals surface area contributed by atoms with Gasteiger partial charge in [0.05, 0.1) is 19.1 Å². The Morgan fingerprint density at radius 3 is 2.58 bits per heavy atom. The first-order valence-corrected chi connectivity index (χ1v) is 5.49. The number of phenolic OH excluding ortho intramolecular Hbond substituents is 2. The molecular weight excluding hydrogens is 252 g/mol. The fourth-order valence-electron chi connectivity index (χ4n) is 1.83. The number of aryl methyl sites for hydroxylation is 1. The summed E-state index contributed by atoms with van der Waals surface area (Å²) in [5, 5.41) is 19.3. The summed E-state index contributed by atoms with van der Waals surface area (Å²) in [4.78, 5) is 23.0. The average Bonchev–Trinajstić information content (AvgIpc) is 2.37. The fraction of sp³-hybridized carbons (Fsp3) is 0.231. The van der Waals surface area contributed by atoms with E-state index in [1.54, 1.807) is 6.92 Å². The monoisotopic (exact) mass is 264 g/mol. The van der Waals surface area contributed by atoms with Crippen LogP contribution in [0.25, 0.3) is 11.0 Å². The zero-order chi connectivity index (χ0) is 14.2. The highest BCUT2D eigenvalue weighted by Crippen LogP contribution is 2.31. The molecule has 0 spiro atoms. The van der Waals surface area contributed by atoms with Gasteiger partial charge in [-0.05, 0) is 18.6 Å². The van der Waals surface area contributed by atoms with Crippen LogP contribution in [-0.4, -0.2) is 23.3 Å². The molecule has 0 atom stereocenters. The maximum absolute atomic E-state index is 11.8. The summed E-state index contributed by atoms with van der Waals surface area (Å²) < 4.78 is 9.53. The summed E-state index contributed by atoms with van der Waals surface area (Å²) in [6, 6.07) is 2.44. The molecule has 2 rings (SSSR count). The number of hydrogen-bond donors (Lipinski definition) is 2. The number of ether oxygens (including phenoxy) is 1. The van der Waals surface area contributed by atoms with Gasteiger partial charge in [-0.3, -0.25) is 4.79 Å². The van der Waals surface area contributed by atoms with Crippen molar-refractivity contribution < 1.29 is 24.2 Å². The van der Waals surface area contributed by atoms with Crippen molar-refractivity contribution in [3.05, 3.63) is 33.7 Å². The maximum Gasteiger partial charge on any atom is 0.340 e. The molecule has 0 aliphatic rings. The van der Waals surface area contributed by atoms with Gasteiger partial charge in [-0.1, -0.05) is 0 Å². The number of rotatable bonds is 2. The van der Waals surface area contributed by atoms with Crippen molar-refractivity contribution >= 4 is 16.9 Å². The first kappa shape index (κ1) is 12.9. The van der Waals surface area contributed by atoms with Crippen LogP contribution in [-0.2, 0) is 16.0 Å². The molecule has 100 valence electrons. The number of methoxy groups -OCH3 is 1. The Labute approximate surface area is 107 Å². The molecule has 19 heavy (non-hydrogen) atoms. The van der Waals surface area contributed by atoms with Gasteiger partial charge in [0, 0.05) is 11.5 Å². The lowest BCUT2D eigenvalue weighted by Crippen LogP contribution is -2.16. The minimum Gasteiger partial charge on any atom is -0.504 e. The van der Waals surface area contributed by atoms with E-state index in [4.69, 9.17) is 4.42 Å². The Bertz CT molecular complexity index is 713. The number of fused-ring (bicyclic) bond motifs is 1. The van der Waals surface area contributed by atoms with E-state index in [0.29, 0.717) is 10.9 Å². The third kappa shape index (κ3) is 2.24. The third-order valence-corrected chi connectivity index (χ3v) is 2.93. The molecule has 0 saturated heterocycles. The van der Waals surface area contributed by atoms with E-state index >= 15 is 0 Å². The van der Waals surface area contributed by atoms with Gasteiger partial charge in [-0.25, -0.2) is 4.79 Å². The smallest absolute Gasteiger partial charge is 0.340 e. The molecule has 1 aromatic heterocycles. The predicted octanol–water partition coefficient (Wildman–Crippen LogP) is 1.23. The van der Waals surface area contributed by atoms with Crippen molar-refractivity contribution in [1.82, 2.24) is 0 Å². The van der Waals surface area contributed by atoms with Gasteiger partial charge in [0.25, 0.3) is 0 Å². The first-order chi connectivity index (χ1) is 8.93. The van der Waals surface area contributed by atoms with E-state index in [-0.39, 0.29) is 29.1 Å². The van der Waals surface area contributed by atoms with Crippen LogP contribution >= 0.6 is 0 Å². The van der Waals surface area contributed by atoms with Crippen molar-refractivity contribution in [2.75, 3.05) is 7.11 Å². The fourth-order valence-corrected chi connectivity index (χ4v) is 1.83.